The monoisotopic (exact) mass is 188 g/mol. The largest absolute Gasteiger partial charge is 0.384 e. The molecule has 1 nitrogen and oxygen atoms in total. The molecule has 1 aromatic carbocycles. The van der Waals surface area contributed by atoms with E-state index in [2.05, 4.69) is 29.4 Å². The van der Waals surface area contributed by atoms with Crippen molar-refractivity contribution >= 4 is 21.4 Å². The molecule has 0 amide bonds. The fraction of sp³-hybridized carbons (Fsp3) is 0.0909. The third-order valence-corrected chi connectivity index (χ3v) is 2.74. The predicted octanol–water partition coefficient (Wildman–Crippen LogP) is 2.25. The molecule has 0 saturated heterocycles. The van der Waals surface area contributed by atoms with Gasteiger partial charge in [0.05, 0.1) is 0 Å². The van der Waals surface area contributed by atoms with Crippen LogP contribution in [0.15, 0.2) is 29.6 Å². The first-order chi connectivity index (χ1) is 6.42. The number of rotatable bonds is 0. The highest BCUT2D eigenvalue weighted by atomic mass is 32.1. The molecular formula is C11H8OS. The number of hydrogen-bond donors (Lipinski definition) is 1. The molecular weight excluding hydrogens is 180 g/mol. The standard InChI is InChI=1S/C11H8OS/c12-7-2-5-9-3-1-4-10-6-8-13-11(9)10/h1,3-4,6,8,12H,7H2. The minimum absolute atomic E-state index is 0.0816. The average molecular weight is 188 g/mol. The van der Waals surface area contributed by atoms with Gasteiger partial charge < -0.3 is 5.11 Å². The molecule has 64 valence electrons. The molecule has 0 aliphatic rings. The Morgan fingerprint density at radius 3 is 3.08 bits per heavy atom. The average Bonchev–Trinajstić information content (AvgIpc) is 2.62. The van der Waals surface area contributed by atoms with Gasteiger partial charge in [-0.3, -0.25) is 0 Å². The summed E-state index contributed by atoms with van der Waals surface area (Å²) in [5, 5.41) is 11.8. The quantitative estimate of drug-likeness (QED) is 0.629. The van der Waals surface area contributed by atoms with Gasteiger partial charge in [0, 0.05) is 10.3 Å². The summed E-state index contributed by atoms with van der Waals surface area (Å²) >= 11 is 1.68. The van der Waals surface area contributed by atoms with Crippen LogP contribution >= 0.6 is 11.3 Å². The molecule has 2 heteroatoms. The van der Waals surface area contributed by atoms with Crippen LogP contribution in [0.5, 0.6) is 0 Å². The Morgan fingerprint density at radius 2 is 2.23 bits per heavy atom. The van der Waals surface area contributed by atoms with E-state index in [1.165, 1.54) is 10.1 Å². The molecule has 2 rings (SSSR count). The van der Waals surface area contributed by atoms with Crippen LogP contribution in [-0.4, -0.2) is 11.7 Å². The van der Waals surface area contributed by atoms with Gasteiger partial charge >= 0.3 is 0 Å². The molecule has 0 aliphatic heterocycles. The number of fused-ring (bicyclic) bond motifs is 1. The first-order valence-electron chi connectivity index (χ1n) is 3.98. The number of benzene rings is 1. The lowest BCUT2D eigenvalue weighted by Gasteiger charge is -1.91. The van der Waals surface area contributed by atoms with Crippen molar-refractivity contribution in [3.05, 3.63) is 35.2 Å². The van der Waals surface area contributed by atoms with E-state index in [4.69, 9.17) is 5.11 Å². The van der Waals surface area contributed by atoms with Gasteiger partial charge in [0.2, 0.25) is 0 Å². The van der Waals surface area contributed by atoms with Crippen molar-refractivity contribution in [3.8, 4) is 11.8 Å². The van der Waals surface area contributed by atoms with E-state index in [9.17, 15) is 0 Å². The zero-order valence-corrected chi connectivity index (χ0v) is 7.77. The summed E-state index contributed by atoms with van der Waals surface area (Å²) in [6.45, 7) is -0.0816. The summed E-state index contributed by atoms with van der Waals surface area (Å²) in [5.74, 6) is 5.59. The minimum Gasteiger partial charge on any atom is -0.384 e. The van der Waals surface area contributed by atoms with E-state index in [0.717, 1.165) is 5.56 Å². The van der Waals surface area contributed by atoms with Crippen LogP contribution in [0.25, 0.3) is 10.1 Å². The molecule has 0 bridgehead atoms. The van der Waals surface area contributed by atoms with Crippen LogP contribution in [0.3, 0.4) is 0 Å². The van der Waals surface area contributed by atoms with E-state index >= 15 is 0 Å². The molecule has 0 aliphatic carbocycles. The molecule has 0 unspecified atom stereocenters. The van der Waals surface area contributed by atoms with Crippen LogP contribution in [0, 0.1) is 11.8 Å². The van der Waals surface area contributed by atoms with E-state index in [-0.39, 0.29) is 6.61 Å². The topological polar surface area (TPSA) is 20.2 Å². The first kappa shape index (κ1) is 8.31. The highest BCUT2D eigenvalue weighted by Gasteiger charge is 1.97. The van der Waals surface area contributed by atoms with Crippen molar-refractivity contribution in [3.63, 3.8) is 0 Å². The van der Waals surface area contributed by atoms with E-state index in [1.54, 1.807) is 11.3 Å². The number of hydrogen-bond acceptors (Lipinski definition) is 2. The van der Waals surface area contributed by atoms with Crippen molar-refractivity contribution in [1.82, 2.24) is 0 Å². The van der Waals surface area contributed by atoms with Gasteiger partial charge in [-0.25, -0.2) is 0 Å². The SMILES string of the molecule is OCC#Cc1cccc2ccsc12. The summed E-state index contributed by atoms with van der Waals surface area (Å²) in [5.41, 5.74) is 1.00. The second-order valence-corrected chi connectivity index (χ2v) is 3.52. The maximum absolute atomic E-state index is 8.58. The predicted molar refractivity (Wildman–Crippen MR) is 55.8 cm³/mol. The number of aliphatic hydroxyl groups is 1. The van der Waals surface area contributed by atoms with E-state index < -0.39 is 0 Å². The molecule has 0 saturated carbocycles. The molecule has 0 atom stereocenters. The fourth-order valence-corrected chi connectivity index (χ4v) is 2.10. The van der Waals surface area contributed by atoms with Crippen LogP contribution < -0.4 is 0 Å². The Hall–Kier alpha value is -1.30. The second-order valence-electron chi connectivity index (χ2n) is 2.60. The summed E-state index contributed by atoms with van der Waals surface area (Å²) < 4.78 is 1.20. The number of aliphatic hydroxyl groups excluding tert-OH is 1. The van der Waals surface area contributed by atoms with Gasteiger partial charge in [-0.05, 0) is 22.9 Å². The summed E-state index contributed by atoms with van der Waals surface area (Å²) in [6, 6.07) is 8.10. The highest BCUT2D eigenvalue weighted by Crippen LogP contribution is 2.23. The zero-order chi connectivity index (χ0) is 9.10. The molecule has 1 heterocycles. The van der Waals surface area contributed by atoms with Crippen molar-refractivity contribution in [2.45, 2.75) is 0 Å². The van der Waals surface area contributed by atoms with Crippen LogP contribution in [0.1, 0.15) is 5.56 Å². The zero-order valence-electron chi connectivity index (χ0n) is 6.95. The summed E-state index contributed by atoms with van der Waals surface area (Å²) in [7, 11) is 0. The third kappa shape index (κ3) is 1.57. The Balaban J connectivity index is 2.61. The molecule has 13 heavy (non-hydrogen) atoms. The van der Waals surface area contributed by atoms with Crippen LogP contribution in [0.4, 0.5) is 0 Å². The molecule has 2 aromatic rings. The molecule has 1 N–H and O–H groups in total. The Morgan fingerprint density at radius 1 is 1.31 bits per heavy atom. The molecule has 0 radical (unpaired) electrons. The van der Waals surface area contributed by atoms with E-state index in [1.807, 2.05) is 12.1 Å². The Labute approximate surface area is 80.6 Å². The number of thiophene rings is 1. The highest BCUT2D eigenvalue weighted by molar-refractivity contribution is 7.17. The van der Waals surface area contributed by atoms with Gasteiger partial charge in [-0.1, -0.05) is 24.0 Å². The lowest BCUT2D eigenvalue weighted by Crippen LogP contribution is -1.76. The van der Waals surface area contributed by atoms with Gasteiger partial charge in [0.25, 0.3) is 0 Å². The van der Waals surface area contributed by atoms with E-state index in [0.29, 0.717) is 0 Å². The maximum atomic E-state index is 8.58. The van der Waals surface area contributed by atoms with Gasteiger partial charge in [-0.2, -0.15) is 0 Å². The summed E-state index contributed by atoms with van der Waals surface area (Å²) in [6.07, 6.45) is 0. The lowest BCUT2D eigenvalue weighted by molar-refractivity contribution is 0.350. The van der Waals surface area contributed by atoms with Gasteiger partial charge in [-0.15, -0.1) is 11.3 Å². The van der Waals surface area contributed by atoms with Crippen molar-refractivity contribution in [2.75, 3.05) is 6.61 Å². The van der Waals surface area contributed by atoms with Crippen LogP contribution in [0.2, 0.25) is 0 Å². The molecule has 0 fully saturated rings. The van der Waals surface area contributed by atoms with Gasteiger partial charge in [0.1, 0.15) is 6.61 Å². The Kier molecular flexibility index (Phi) is 2.31. The maximum Gasteiger partial charge on any atom is 0.104 e. The first-order valence-corrected chi connectivity index (χ1v) is 4.86. The van der Waals surface area contributed by atoms with Gasteiger partial charge in [0.15, 0.2) is 0 Å². The molecule has 1 aromatic heterocycles. The minimum atomic E-state index is -0.0816. The van der Waals surface area contributed by atoms with Crippen LogP contribution in [-0.2, 0) is 0 Å². The third-order valence-electron chi connectivity index (χ3n) is 1.78. The second kappa shape index (κ2) is 3.61. The van der Waals surface area contributed by atoms with Crippen molar-refractivity contribution in [1.29, 1.82) is 0 Å². The van der Waals surface area contributed by atoms with Crippen molar-refractivity contribution in [2.24, 2.45) is 0 Å². The summed E-state index contributed by atoms with van der Waals surface area (Å²) in [4.78, 5) is 0. The fourth-order valence-electron chi connectivity index (χ4n) is 1.23. The lowest BCUT2D eigenvalue weighted by atomic mass is 10.2. The normalized spacial score (nSPS) is 9.62. The Bertz CT molecular complexity index is 473. The van der Waals surface area contributed by atoms with Crippen molar-refractivity contribution < 1.29 is 5.11 Å². The smallest absolute Gasteiger partial charge is 0.104 e. The molecule has 0 spiro atoms.